The molecule has 0 saturated carbocycles. The van der Waals surface area contributed by atoms with Gasteiger partial charge in [0.2, 0.25) is 5.91 Å². The van der Waals surface area contributed by atoms with Gasteiger partial charge in [-0.2, -0.15) is 0 Å². The maximum Gasteiger partial charge on any atom is 0.261 e. The molecule has 0 spiro atoms. The van der Waals surface area contributed by atoms with Crippen molar-refractivity contribution in [2.75, 3.05) is 24.3 Å². The number of rotatable bonds is 9. The van der Waals surface area contributed by atoms with E-state index in [4.69, 9.17) is 32.7 Å². The largest absolute Gasteiger partial charge is 0.493 e. The molecule has 0 aromatic heterocycles. The Bertz CT molecular complexity index is 1290. The molecule has 0 aliphatic carbocycles. The summed E-state index contributed by atoms with van der Waals surface area (Å²) in [7, 11) is -0.777. The highest BCUT2D eigenvalue weighted by Gasteiger charge is 2.18. The van der Waals surface area contributed by atoms with Crippen molar-refractivity contribution < 1.29 is 22.7 Å². The molecule has 0 radical (unpaired) electrons. The van der Waals surface area contributed by atoms with Crippen LogP contribution >= 0.6 is 35.0 Å². The highest BCUT2D eigenvalue weighted by molar-refractivity contribution is 8.00. The second-order valence-electron chi connectivity index (χ2n) is 7.02. The number of carbonyl (C=O) groups is 1. The molecule has 3 aromatic rings. The Morgan fingerprint density at radius 2 is 1.62 bits per heavy atom. The molecule has 34 heavy (non-hydrogen) atoms. The van der Waals surface area contributed by atoms with Gasteiger partial charge in [0.15, 0.2) is 11.5 Å². The summed E-state index contributed by atoms with van der Waals surface area (Å²) in [6.45, 7) is 1.77. The average Bonchev–Trinajstić information content (AvgIpc) is 2.81. The molecule has 1 amide bonds. The summed E-state index contributed by atoms with van der Waals surface area (Å²) in [4.78, 5) is 13.5. The number of thioether (sulfide) groups is 1. The lowest BCUT2D eigenvalue weighted by atomic mass is 10.3. The first-order valence-electron chi connectivity index (χ1n) is 9.90. The first-order valence-corrected chi connectivity index (χ1v) is 13.0. The first kappa shape index (κ1) is 26.0. The van der Waals surface area contributed by atoms with Crippen molar-refractivity contribution in [1.29, 1.82) is 0 Å². The predicted octanol–water partition coefficient (Wildman–Crippen LogP) is 5.93. The highest BCUT2D eigenvalue weighted by atomic mass is 35.5. The maximum atomic E-state index is 12.7. The van der Waals surface area contributed by atoms with E-state index in [1.807, 2.05) is 6.07 Å². The van der Waals surface area contributed by atoms with E-state index in [0.717, 1.165) is 4.90 Å². The minimum atomic E-state index is -3.88. The molecule has 0 unspecified atom stereocenters. The second kappa shape index (κ2) is 11.2. The van der Waals surface area contributed by atoms with Crippen LogP contribution in [0.15, 0.2) is 70.5 Å². The standard InChI is InChI=1S/C23H22Cl2N2O5S2/c1-14(33-17-7-11-21(31-2)22(13-17)32-3)23(28)26-16-5-8-18(9-6-16)34(29,30)27-20-10-4-15(24)12-19(20)25/h4-14,27H,1-3H3,(H,26,28)/t14-/m1/s1. The Morgan fingerprint density at radius 3 is 2.24 bits per heavy atom. The minimum Gasteiger partial charge on any atom is -0.493 e. The van der Waals surface area contributed by atoms with Crippen molar-refractivity contribution >= 4 is 62.3 Å². The highest BCUT2D eigenvalue weighted by Crippen LogP contribution is 2.34. The zero-order valence-electron chi connectivity index (χ0n) is 18.5. The van der Waals surface area contributed by atoms with Crippen molar-refractivity contribution in [1.82, 2.24) is 0 Å². The molecule has 180 valence electrons. The number of methoxy groups -OCH3 is 2. The van der Waals surface area contributed by atoms with Crippen molar-refractivity contribution in [2.45, 2.75) is 22.0 Å². The van der Waals surface area contributed by atoms with Crippen LogP contribution in [-0.4, -0.2) is 33.8 Å². The van der Waals surface area contributed by atoms with Gasteiger partial charge in [-0.05, 0) is 67.6 Å². The van der Waals surface area contributed by atoms with Gasteiger partial charge in [-0.1, -0.05) is 23.2 Å². The molecule has 3 aromatic carbocycles. The molecule has 1 atom stereocenters. The van der Waals surface area contributed by atoms with Crippen LogP contribution in [0.4, 0.5) is 11.4 Å². The third kappa shape index (κ3) is 6.50. The summed E-state index contributed by atoms with van der Waals surface area (Å²) < 4.78 is 38.3. The van der Waals surface area contributed by atoms with Gasteiger partial charge in [0, 0.05) is 15.6 Å². The maximum absolute atomic E-state index is 12.7. The lowest BCUT2D eigenvalue weighted by molar-refractivity contribution is -0.115. The molecule has 0 aliphatic heterocycles. The van der Waals surface area contributed by atoms with Gasteiger partial charge >= 0.3 is 0 Å². The Kier molecular flexibility index (Phi) is 8.59. The average molecular weight is 541 g/mol. The molecule has 7 nitrogen and oxygen atoms in total. The van der Waals surface area contributed by atoms with E-state index in [9.17, 15) is 13.2 Å². The zero-order valence-corrected chi connectivity index (χ0v) is 21.6. The van der Waals surface area contributed by atoms with Crippen molar-refractivity contribution in [3.8, 4) is 11.5 Å². The fourth-order valence-corrected chi connectivity index (χ4v) is 5.37. The predicted molar refractivity (Wildman–Crippen MR) is 137 cm³/mol. The normalized spacial score (nSPS) is 12.0. The van der Waals surface area contributed by atoms with E-state index in [0.29, 0.717) is 22.2 Å². The smallest absolute Gasteiger partial charge is 0.261 e. The van der Waals surface area contributed by atoms with E-state index >= 15 is 0 Å². The van der Waals surface area contributed by atoms with E-state index in [1.165, 1.54) is 54.2 Å². The van der Waals surface area contributed by atoms with Gasteiger partial charge in [-0.3, -0.25) is 9.52 Å². The van der Waals surface area contributed by atoms with Gasteiger partial charge in [0.25, 0.3) is 10.0 Å². The van der Waals surface area contributed by atoms with Crippen LogP contribution in [0.2, 0.25) is 10.0 Å². The fourth-order valence-electron chi connectivity index (χ4n) is 2.88. The Morgan fingerprint density at radius 1 is 0.941 bits per heavy atom. The molecule has 0 saturated heterocycles. The first-order chi connectivity index (χ1) is 16.1. The molecule has 11 heteroatoms. The summed E-state index contributed by atoms with van der Waals surface area (Å²) in [6.07, 6.45) is 0. The number of benzene rings is 3. The van der Waals surface area contributed by atoms with Crippen LogP contribution in [0.1, 0.15) is 6.92 Å². The number of hydrogen-bond donors (Lipinski definition) is 2. The van der Waals surface area contributed by atoms with Crippen molar-refractivity contribution in [3.63, 3.8) is 0 Å². The third-order valence-electron chi connectivity index (χ3n) is 4.64. The van der Waals surface area contributed by atoms with Crippen LogP contribution in [0, 0.1) is 0 Å². The SMILES string of the molecule is COc1ccc(S[C@H](C)C(=O)Nc2ccc(S(=O)(=O)Nc3ccc(Cl)cc3Cl)cc2)cc1OC. The number of anilines is 2. The Balaban J connectivity index is 1.65. The topological polar surface area (TPSA) is 93.7 Å². The number of nitrogens with one attached hydrogen (secondary N) is 2. The fraction of sp³-hybridized carbons (Fsp3) is 0.174. The number of ether oxygens (including phenoxy) is 2. The number of halogens is 2. The summed E-state index contributed by atoms with van der Waals surface area (Å²) >= 11 is 13.3. The quantitative estimate of drug-likeness (QED) is 0.326. The van der Waals surface area contributed by atoms with Crippen molar-refractivity contribution in [3.05, 3.63) is 70.7 Å². The minimum absolute atomic E-state index is 0.0178. The molecule has 3 rings (SSSR count). The Hall–Kier alpha value is -2.59. The zero-order chi connectivity index (χ0) is 24.9. The van der Waals surface area contributed by atoms with Crippen LogP contribution in [-0.2, 0) is 14.8 Å². The van der Waals surface area contributed by atoms with E-state index < -0.39 is 15.3 Å². The van der Waals surface area contributed by atoms with Gasteiger partial charge in [-0.25, -0.2) is 8.42 Å². The van der Waals surface area contributed by atoms with Crippen LogP contribution in [0.5, 0.6) is 11.5 Å². The summed E-state index contributed by atoms with van der Waals surface area (Å²) in [5.41, 5.74) is 0.678. The van der Waals surface area contributed by atoms with Gasteiger partial charge in [0.1, 0.15) is 0 Å². The van der Waals surface area contributed by atoms with Crippen LogP contribution in [0.3, 0.4) is 0 Å². The number of sulfonamides is 1. The molecule has 2 N–H and O–H groups in total. The van der Waals surface area contributed by atoms with E-state index in [-0.39, 0.29) is 21.5 Å². The van der Waals surface area contributed by atoms with E-state index in [1.54, 1.807) is 33.3 Å². The van der Waals surface area contributed by atoms with Gasteiger partial charge in [-0.15, -0.1) is 11.8 Å². The lowest BCUT2D eigenvalue weighted by Crippen LogP contribution is -2.22. The van der Waals surface area contributed by atoms with Gasteiger partial charge in [0.05, 0.1) is 35.1 Å². The van der Waals surface area contributed by atoms with Gasteiger partial charge < -0.3 is 14.8 Å². The number of hydrogen-bond acceptors (Lipinski definition) is 6. The Labute approximate surface area is 212 Å². The van der Waals surface area contributed by atoms with Crippen LogP contribution in [0.25, 0.3) is 0 Å². The second-order valence-corrected chi connectivity index (χ2v) is 11.0. The summed E-state index contributed by atoms with van der Waals surface area (Å²) in [5, 5.41) is 2.95. The van der Waals surface area contributed by atoms with Crippen molar-refractivity contribution in [2.24, 2.45) is 0 Å². The molecule has 0 aliphatic rings. The summed E-state index contributed by atoms with van der Waals surface area (Å²) in [5.74, 6) is 0.943. The summed E-state index contributed by atoms with van der Waals surface area (Å²) in [6, 6.07) is 15.7. The third-order valence-corrected chi connectivity index (χ3v) is 7.67. The molecule has 0 fully saturated rings. The number of carbonyl (C=O) groups excluding carboxylic acids is 1. The molecule has 0 heterocycles. The molecular formula is C23H22Cl2N2O5S2. The van der Waals surface area contributed by atoms with E-state index in [2.05, 4.69) is 10.0 Å². The monoisotopic (exact) mass is 540 g/mol. The number of amides is 1. The lowest BCUT2D eigenvalue weighted by Gasteiger charge is -2.14. The molecule has 0 bridgehead atoms. The van der Waals surface area contributed by atoms with Crippen LogP contribution < -0.4 is 19.5 Å². The molecular weight excluding hydrogens is 519 g/mol.